The minimum atomic E-state index is -5.08. The van der Waals surface area contributed by atoms with Crippen molar-refractivity contribution in [2.24, 2.45) is 0 Å². The maximum absolute atomic E-state index is 13.2. The van der Waals surface area contributed by atoms with Crippen LogP contribution in [0.3, 0.4) is 0 Å². The van der Waals surface area contributed by atoms with Gasteiger partial charge in [-0.25, -0.2) is 14.6 Å². The van der Waals surface area contributed by atoms with E-state index in [0.717, 1.165) is 37.9 Å². The Morgan fingerprint density at radius 3 is 2.30 bits per heavy atom. The van der Waals surface area contributed by atoms with Crippen LogP contribution in [0.5, 0.6) is 0 Å². The number of para-hydroxylation sites is 1. The molecule has 14 heteroatoms. The van der Waals surface area contributed by atoms with E-state index >= 15 is 0 Å². The van der Waals surface area contributed by atoms with Gasteiger partial charge in [-0.1, -0.05) is 6.07 Å². The van der Waals surface area contributed by atoms with Crippen molar-refractivity contribution in [3.63, 3.8) is 0 Å². The van der Waals surface area contributed by atoms with Crippen LogP contribution in [0.1, 0.15) is 5.56 Å². The summed E-state index contributed by atoms with van der Waals surface area (Å²) in [7, 11) is 0. The second-order valence-electron chi connectivity index (χ2n) is 7.88. The number of carboxylic acid groups (broad SMARTS) is 1. The van der Waals surface area contributed by atoms with Crippen molar-refractivity contribution in [1.29, 1.82) is 0 Å². The molecule has 0 radical (unpaired) electrons. The predicted octanol–water partition coefficient (Wildman–Crippen LogP) is 4.66. The third-order valence-corrected chi connectivity index (χ3v) is 5.39. The molecule has 0 unspecified atom stereocenters. The smallest absolute Gasteiger partial charge is 0.475 e. The molecule has 2 aromatic heterocycles. The molecule has 37 heavy (non-hydrogen) atoms. The van der Waals surface area contributed by atoms with E-state index in [9.17, 15) is 31.1 Å². The van der Waals surface area contributed by atoms with Crippen molar-refractivity contribution < 1.29 is 45.1 Å². The molecule has 0 bridgehead atoms. The molecule has 4 aromatic rings. The van der Waals surface area contributed by atoms with Crippen molar-refractivity contribution in [1.82, 2.24) is 10.3 Å². The molecule has 2 N–H and O–H groups in total. The SMILES string of the molecule is O=C(O)C(F)(F)F.O=c1oc2cc(N3CCNCC3)ccc2cc1-c1nc2cccc(C(F)(F)F)c2o1. The zero-order valence-corrected chi connectivity index (χ0v) is 18.6. The number of oxazole rings is 1. The lowest BCUT2D eigenvalue weighted by Gasteiger charge is -2.29. The Labute approximate surface area is 203 Å². The van der Waals surface area contributed by atoms with Crippen molar-refractivity contribution in [3.05, 3.63) is 58.4 Å². The van der Waals surface area contributed by atoms with Gasteiger partial charge in [0.05, 0.1) is 0 Å². The number of rotatable bonds is 2. The van der Waals surface area contributed by atoms with Gasteiger partial charge < -0.3 is 24.2 Å². The van der Waals surface area contributed by atoms with Gasteiger partial charge in [0.25, 0.3) is 0 Å². The zero-order chi connectivity index (χ0) is 27.0. The first-order valence-electron chi connectivity index (χ1n) is 10.7. The van der Waals surface area contributed by atoms with Crippen LogP contribution < -0.4 is 15.8 Å². The molecule has 1 aliphatic rings. The van der Waals surface area contributed by atoms with E-state index in [4.69, 9.17) is 18.7 Å². The average molecular weight is 529 g/mol. The molecule has 0 aliphatic carbocycles. The van der Waals surface area contributed by atoms with Gasteiger partial charge in [0, 0.05) is 43.3 Å². The summed E-state index contributed by atoms with van der Waals surface area (Å²) < 4.78 is 82.2. The summed E-state index contributed by atoms with van der Waals surface area (Å²) in [5.74, 6) is -2.96. The van der Waals surface area contributed by atoms with E-state index in [-0.39, 0.29) is 17.0 Å². The van der Waals surface area contributed by atoms with E-state index in [1.165, 1.54) is 18.2 Å². The van der Waals surface area contributed by atoms with Crippen LogP contribution in [0, 0.1) is 0 Å². The molecular weight excluding hydrogens is 512 g/mol. The zero-order valence-electron chi connectivity index (χ0n) is 18.6. The van der Waals surface area contributed by atoms with Crippen molar-refractivity contribution in [2.75, 3.05) is 31.1 Å². The molecule has 0 amide bonds. The summed E-state index contributed by atoms with van der Waals surface area (Å²) in [4.78, 5) is 27.7. The van der Waals surface area contributed by atoms with Crippen LogP contribution in [-0.2, 0) is 11.0 Å². The Morgan fingerprint density at radius 1 is 1.00 bits per heavy atom. The summed E-state index contributed by atoms with van der Waals surface area (Å²) in [6.45, 7) is 3.44. The standard InChI is InChI=1S/C21H16F3N3O3.C2HF3O2/c22-21(23,24)15-2-1-3-16-18(15)30-19(26-16)14-10-12-4-5-13(11-17(12)29-20(14)28)27-8-6-25-7-9-27;3-2(4,5)1(6)7/h1-5,10-11,25H,6-9H2;(H,6,7). The third kappa shape index (κ3) is 5.69. The highest BCUT2D eigenvalue weighted by molar-refractivity contribution is 5.85. The van der Waals surface area contributed by atoms with E-state index in [2.05, 4.69) is 15.2 Å². The Hall–Kier alpha value is -4.07. The Kier molecular flexibility index (Phi) is 6.86. The summed E-state index contributed by atoms with van der Waals surface area (Å²) in [6.07, 6.45) is -9.68. The fourth-order valence-electron chi connectivity index (χ4n) is 3.66. The number of halogens is 6. The van der Waals surface area contributed by atoms with Crippen LogP contribution in [0.25, 0.3) is 33.5 Å². The number of fused-ring (bicyclic) bond motifs is 2. The second-order valence-corrected chi connectivity index (χ2v) is 7.88. The van der Waals surface area contributed by atoms with Crippen LogP contribution >= 0.6 is 0 Å². The average Bonchev–Trinajstić information content (AvgIpc) is 3.27. The molecule has 1 aliphatic heterocycles. The molecule has 196 valence electrons. The predicted molar refractivity (Wildman–Crippen MR) is 119 cm³/mol. The minimum Gasteiger partial charge on any atom is -0.475 e. The molecule has 3 heterocycles. The summed E-state index contributed by atoms with van der Waals surface area (Å²) in [6, 6.07) is 10.6. The van der Waals surface area contributed by atoms with Crippen molar-refractivity contribution in [2.45, 2.75) is 12.4 Å². The van der Waals surface area contributed by atoms with Crippen LogP contribution in [-0.4, -0.2) is 48.4 Å². The number of piperazine rings is 1. The maximum Gasteiger partial charge on any atom is 0.490 e. The lowest BCUT2D eigenvalue weighted by Crippen LogP contribution is -2.43. The van der Waals surface area contributed by atoms with Gasteiger partial charge in [-0.15, -0.1) is 0 Å². The number of nitrogens with one attached hydrogen (secondary N) is 1. The normalized spacial score (nSPS) is 14.5. The summed E-state index contributed by atoms with van der Waals surface area (Å²) in [5, 5.41) is 11.0. The number of aromatic nitrogens is 1. The molecule has 5 rings (SSSR count). The molecule has 0 saturated carbocycles. The Bertz CT molecular complexity index is 1500. The number of nitrogens with zero attached hydrogens (tertiary/aromatic N) is 2. The van der Waals surface area contributed by atoms with E-state index in [1.54, 1.807) is 6.07 Å². The van der Waals surface area contributed by atoms with Gasteiger partial charge in [-0.3, -0.25) is 0 Å². The minimum absolute atomic E-state index is 0.0216. The molecule has 0 atom stereocenters. The molecule has 1 fully saturated rings. The third-order valence-electron chi connectivity index (χ3n) is 5.39. The number of hydrogen-bond acceptors (Lipinski definition) is 7. The van der Waals surface area contributed by atoms with Crippen LogP contribution in [0.4, 0.5) is 32.0 Å². The fraction of sp³-hybridized carbons (Fsp3) is 0.261. The lowest BCUT2D eigenvalue weighted by atomic mass is 10.1. The van der Waals surface area contributed by atoms with Gasteiger partial charge in [-0.05, 0) is 30.3 Å². The van der Waals surface area contributed by atoms with Gasteiger partial charge in [0.2, 0.25) is 5.89 Å². The molecule has 8 nitrogen and oxygen atoms in total. The van der Waals surface area contributed by atoms with Gasteiger partial charge in [-0.2, -0.15) is 26.3 Å². The molecular formula is C23H17F6N3O5. The second kappa shape index (κ2) is 9.76. The van der Waals surface area contributed by atoms with E-state index < -0.39 is 35.1 Å². The van der Waals surface area contributed by atoms with E-state index in [0.29, 0.717) is 11.0 Å². The number of alkyl halides is 6. The van der Waals surface area contributed by atoms with Crippen molar-refractivity contribution in [3.8, 4) is 11.5 Å². The summed E-state index contributed by atoms with van der Waals surface area (Å²) in [5.41, 5.74) is -0.739. The number of aliphatic carboxylic acids is 1. The first-order chi connectivity index (χ1) is 17.3. The van der Waals surface area contributed by atoms with Crippen molar-refractivity contribution >= 4 is 33.7 Å². The summed E-state index contributed by atoms with van der Waals surface area (Å²) >= 11 is 0. The van der Waals surface area contributed by atoms with Gasteiger partial charge in [0.1, 0.15) is 22.2 Å². The van der Waals surface area contributed by atoms with Gasteiger partial charge in [0.15, 0.2) is 5.58 Å². The van der Waals surface area contributed by atoms with Crippen LogP contribution in [0.15, 0.2) is 56.1 Å². The lowest BCUT2D eigenvalue weighted by molar-refractivity contribution is -0.192. The van der Waals surface area contributed by atoms with E-state index in [1.807, 2.05) is 12.1 Å². The first kappa shape index (κ1) is 26.0. The largest absolute Gasteiger partial charge is 0.490 e. The highest BCUT2D eigenvalue weighted by Crippen LogP contribution is 2.36. The topological polar surface area (TPSA) is 109 Å². The number of carboxylic acids is 1. The molecule has 0 spiro atoms. The van der Waals surface area contributed by atoms with Crippen LogP contribution in [0.2, 0.25) is 0 Å². The van der Waals surface area contributed by atoms with Gasteiger partial charge >= 0.3 is 23.9 Å². The Balaban J connectivity index is 0.000000405. The molecule has 1 saturated heterocycles. The Morgan fingerprint density at radius 2 is 1.68 bits per heavy atom. The number of anilines is 1. The number of carbonyl (C=O) groups is 1. The number of benzene rings is 2. The number of hydrogen-bond donors (Lipinski definition) is 2. The monoisotopic (exact) mass is 529 g/mol. The first-order valence-corrected chi connectivity index (χ1v) is 10.7. The highest BCUT2D eigenvalue weighted by atomic mass is 19.4. The highest BCUT2D eigenvalue weighted by Gasteiger charge is 2.38. The molecule has 2 aromatic carbocycles. The quantitative estimate of drug-likeness (QED) is 0.285. The fourth-order valence-corrected chi connectivity index (χ4v) is 3.66. The maximum atomic E-state index is 13.2.